The summed E-state index contributed by atoms with van der Waals surface area (Å²) in [4.78, 5) is 23.9. The first kappa shape index (κ1) is 20.1. The number of ether oxygens (including phenoxy) is 1. The van der Waals surface area contributed by atoms with Crippen molar-refractivity contribution in [2.45, 2.75) is 57.5 Å². The number of carbonyl (C=O) groups excluding carboxylic acids is 2. The highest BCUT2D eigenvalue weighted by Crippen LogP contribution is 2.37. The topological polar surface area (TPSA) is 67.4 Å². The van der Waals surface area contributed by atoms with E-state index in [2.05, 4.69) is 10.6 Å². The van der Waals surface area contributed by atoms with E-state index < -0.39 is 36.2 Å². The molecule has 3 atom stereocenters. The Hall–Kier alpha value is -2.25. The van der Waals surface area contributed by atoms with Crippen LogP contribution in [-0.2, 0) is 16.1 Å². The molecule has 1 aromatic carbocycles. The Morgan fingerprint density at radius 1 is 1.23 bits per heavy atom. The molecular formula is C18H23F3N2O3. The first-order valence-corrected chi connectivity index (χ1v) is 8.60. The van der Waals surface area contributed by atoms with Crippen molar-refractivity contribution in [2.75, 3.05) is 0 Å². The molecule has 0 saturated heterocycles. The maximum atomic E-state index is 12.8. The summed E-state index contributed by atoms with van der Waals surface area (Å²) in [7, 11) is 0. The van der Waals surface area contributed by atoms with Crippen LogP contribution in [0.2, 0.25) is 0 Å². The molecule has 2 N–H and O–H groups in total. The van der Waals surface area contributed by atoms with Gasteiger partial charge in [0.05, 0.1) is 5.92 Å². The van der Waals surface area contributed by atoms with Crippen molar-refractivity contribution in [2.24, 2.45) is 5.92 Å². The summed E-state index contributed by atoms with van der Waals surface area (Å²) < 4.78 is 43.5. The van der Waals surface area contributed by atoms with E-state index in [1.807, 2.05) is 18.2 Å². The van der Waals surface area contributed by atoms with Crippen molar-refractivity contribution in [1.82, 2.24) is 10.6 Å². The summed E-state index contributed by atoms with van der Waals surface area (Å²) in [5.74, 6) is -1.91. The summed E-state index contributed by atoms with van der Waals surface area (Å²) in [5, 5.41) is 4.98. The minimum Gasteiger partial charge on any atom is -0.445 e. The van der Waals surface area contributed by atoms with Crippen LogP contribution in [0.25, 0.3) is 0 Å². The van der Waals surface area contributed by atoms with E-state index >= 15 is 0 Å². The first-order chi connectivity index (χ1) is 12.3. The molecule has 0 heterocycles. The zero-order valence-corrected chi connectivity index (χ0v) is 14.5. The highest BCUT2D eigenvalue weighted by molar-refractivity contribution is 5.85. The molecule has 1 aliphatic rings. The van der Waals surface area contributed by atoms with Gasteiger partial charge >= 0.3 is 12.3 Å². The van der Waals surface area contributed by atoms with Gasteiger partial charge in [0, 0.05) is 6.04 Å². The SMILES string of the molecule is C[C@H](NC(=O)OCc1ccccc1)C(=O)N[C@H]1CCC[C@@H](C(F)(F)F)C1. The van der Waals surface area contributed by atoms with Crippen LogP contribution in [0.15, 0.2) is 30.3 Å². The summed E-state index contributed by atoms with van der Waals surface area (Å²) in [6.45, 7) is 1.53. The number of nitrogens with one attached hydrogen (secondary N) is 2. The molecule has 26 heavy (non-hydrogen) atoms. The zero-order valence-electron chi connectivity index (χ0n) is 14.5. The van der Waals surface area contributed by atoms with E-state index in [1.165, 1.54) is 6.92 Å². The fourth-order valence-electron chi connectivity index (χ4n) is 2.95. The molecule has 0 radical (unpaired) electrons. The Bertz CT molecular complexity index is 607. The molecule has 0 spiro atoms. The van der Waals surface area contributed by atoms with Crippen LogP contribution >= 0.6 is 0 Å². The van der Waals surface area contributed by atoms with E-state index in [-0.39, 0.29) is 19.4 Å². The van der Waals surface area contributed by atoms with E-state index in [4.69, 9.17) is 4.74 Å². The molecule has 1 saturated carbocycles. The van der Waals surface area contributed by atoms with Crippen LogP contribution in [0.3, 0.4) is 0 Å². The summed E-state index contributed by atoms with van der Waals surface area (Å²) >= 11 is 0. The molecule has 2 rings (SSSR count). The maximum Gasteiger partial charge on any atom is 0.408 e. The third kappa shape index (κ3) is 6.24. The molecule has 1 aromatic rings. The van der Waals surface area contributed by atoms with Crippen molar-refractivity contribution >= 4 is 12.0 Å². The number of alkyl carbamates (subject to hydrolysis) is 1. The van der Waals surface area contributed by atoms with Gasteiger partial charge in [-0.1, -0.05) is 36.8 Å². The molecule has 2 amide bonds. The predicted octanol–water partition coefficient (Wildman–Crippen LogP) is 3.54. The lowest BCUT2D eigenvalue weighted by molar-refractivity contribution is -0.184. The molecule has 0 aromatic heterocycles. The molecule has 144 valence electrons. The normalized spacial score (nSPS) is 21.5. The van der Waals surface area contributed by atoms with Gasteiger partial charge in [-0.15, -0.1) is 0 Å². The molecule has 1 fully saturated rings. The van der Waals surface area contributed by atoms with Gasteiger partial charge in [-0.3, -0.25) is 4.79 Å². The molecule has 5 nitrogen and oxygen atoms in total. The average Bonchev–Trinajstić information content (AvgIpc) is 2.60. The molecular weight excluding hydrogens is 349 g/mol. The highest BCUT2D eigenvalue weighted by atomic mass is 19.4. The standard InChI is InChI=1S/C18H23F3N2O3/c1-12(22-17(25)26-11-13-6-3-2-4-7-13)16(24)23-15-9-5-8-14(10-15)18(19,20)21/h2-4,6-7,12,14-15H,5,8-11H2,1H3,(H,22,25)(H,23,24)/t12-,14+,15-/m0/s1. The van der Waals surface area contributed by atoms with E-state index in [9.17, 15) is 22.8 Å². The number of amides is 2. The van der Waals surface area contributed by atoms with Crippen LogP contribution in [-0.4, -0.2) is 30.3 Å². The third-order valence-corrected chi connectivity index (χ3v) is 4.42. The minimum atomic E-state index is -4.24. The van der Waals surface area contributed by atoms with Crippen molar-refractivity contribution in [3.05, 3.63) is 35.9 Å². The lowest BCUT2D eigenvalue weighted by Crippen LogP contribution is -2.50. The predicted molar refractivity (Wildman–Crippen MR) is 89.2 cm³/mol. The van der Waals surface area contributed by atoms with Crippen LogP contribution in [0.5, 0.6) is 0 Å². The Morgan fingerprint density at radius 2 is 1.92 bits per heavy atom. The number of hydrogen-bond donors (Lipinski definition) is 2. The quantitative estimate of drug-likeness (QED) is 0.831. The molecule has 8 heteroatoms. The van der Waals surface area contributed by atoms with Crippen molar-refractivity contribution in [3.8, 4) is 0 Å². The van der Waals surface area contributed by atoms with E-state index in [0.29, 0.717) is 12.8 Å². The number of carbonyl (C=O) groups is 2. The Kier molecular flexibility index (Phi) is 6.88. The Labute approximate surface area is 150 Å². The van der Waals surface area contributed by atoms with Gasteiger partial charge < -0.3 is 15.4 Å². The first-order valence-electron chi connectivity index (χ1n) is 8.60. The van der Waals surface area contributed by atoms with Crippen LogP contribution < -0.4 is 10.6 Å². The second-order valence-electron chi connectivity index (χ2n) is 6.54. The Morgan fingerprint density at radius 3 is 2.58 bits per heavy atom. The monoisotopic (exact) mass is 372 g/mol. The number of benzene rings is 1. The fourth-order valence-corrected chi connectivity index (χ4v) is 2.95. The summed E-state index contributed by atoms with van der Waals surface area (Å²) in [6, 6.07) is 7.62. The van der Waals surface area contributed by atoms with Gasteiger partial charge in [-0.05, 0) is 31.7 Å². The minimum absolute atomic E-state index is 0.0664. The van der Waals surface area contributed by atoms with Gasteiger partial charge in [-0.2, -0.15) is 13.2 Å². The number of halogens is 3. The molecule has 0 aliphatic heterocycles. The van der Waals surface area contributed by atoms with Crippen LogP contribution in [0.1, 0.15) is 38.2 Å². The van der Waals surface area contributed by atoms with E-state index in [1.54, 1.807) is 12.1 Å². The number of alkyl halides is 3. The third-order valence-electron chi connectivity index (χ3n) is 4.42. The van der Waals surface area contributed by atoms with Crippen molar-refractivity contribution in [1.29, 1.82) is 0 Å². The van der Waals surface area contributed by atoms with Gasteiger partial charge in [0.1, 0.15) is 12.6 Å². The van der Waals surface area contributed by atoms with Gasteiger partial charge in [-0.25, -0.2) is 4.79 Å². The van der Waals surface area contributed by atoms with Gasteiger partial charge in [0.15, 0.2) is 0 Å². The lowest BCUT2D eigenvalue weighted by Gasteiger charge is -2.31. The molecule has 0 bridgehead atoms. The summed E-state index contributed by atoms with van der Waals surface area (Å²) in [6.07, 6.45) is -4.11. The van der Waals surface area contributed by atoms with Crippen LogP contribution in [0.4, 0.5) is 18.0 Å². The maximum absolute atomic E-state index is 12.8. The zero-order chi connectivity index (χ0) is 19.2. The van der Waals surface area contributed by atoms with Crippen molar-refractivity contribution in [3.63, 3.8) is 0 Å². The fraction of sp³-hybridized carbons (Fsp3) is 0.556. The smallest absolute Gasteiger partial charge is 0.408 e. The van der Waals surface area contributed by atoms with E-state index in [0.717, 1.165) is 5.56 Å². The molecule has 0 unspecified atom stereocenters. The summed E-state index contributed by atoms with van der Waals surface area (Å²) in [5.41, 5.74) is 0.806. The van der Waals surface area contributed by atoms with Gasteiger partial charge in [0.25, 0.3) is 0 Å². The Balaban J connectivity index is 1.75. The molecule has 1 aliphatic carbocycles. The highest BCUT2D eigenvalue weighted by Gasteiger charge is 2.42. The lowest BCUT2D eigenvalue weighted by atomic mass is 9.85. The second kappa shape index (κ2) is 8.91. The van der Waals surface area contributed by atoms with Crippen molar-refractivity contribution < 1.29 is 27.5 Å². The van der Waals surface area contributed by atoms with Gasteiger partial charge in [0.2, 0.25) is 5.91 Å². The average molecular weight is 372 g/mol. The number of rotatable bonds is 5. The van der Waals surface area contributed by atoms with Crippen LogP contribution in [0, 0.1) is 5.92 Å². The number of hydrogen-bond acceptors (Lipinski definition) is 3. The second-order valence-corrected chi connectivity index (χ2v) is 6.54. The largest absolute Gasteiger partial charge is 0.445 e.